The molecule has 1 heterocycles. The first-order chi connectivity index (χ1) is 12.4. The summed E-state index contributed by atoms with van der Waals surface area (Å²) >= 11 is 4.94. The summed E-state index contributed by atoms with van der Waals surface area (Å²) in [6, 6.07) is 9.20. The molecule has 3 N–H and O–H groups in total. The summed E-state index contributed by atoms with van der Waals surface area (Å²) in [5.74, 6) is 0.240. The third-order valence-corrected chi connectivity index (χ3v) is 3.73. The summed E-state index contributed by atoms with van der Waals surface area (Å²) in [6.45, 7) is 5.75. The normalized spacial score (nSPS) is 10.3. The van der Waals surface area contributed by atoms with Gasteiger partial charge in [-0.05, 0) is 48.8 Å². The molecule has 0 radical (unpaired) electrons. The fraction of sp³-hybridized carbons (Fsp3) is 0.278. The van der Waals surface area contributed by atoms with Gasteiger partial charge in [-0.2, -0.15) is 0 Å². The van der Waals surface area contributed by atoms with Crippen molar-refractivity contribution in [3.8, 4) is 5.75 Å². The lowest BCUT2D eigenvalue weighted by atomic mass is 10.0. The molecule has 0 aliphatic carbocycles. The van der Waals surface area contributed by atoms with E-state index in [2.05, 4.69) is 30.0 Å². The van der Waals surface area contributed by atoms with Crippen LogP contribution in [0.25, 0.3) is 0 Å². The van der Waals surface area contributed by atoms with E-state index in [0.29, 0.717) is 17.2 Å². The molecule has 0 fully saturated rings. The quantitative estimate of drug-likeness (QED) is 0.549. The number of hydrazine groups is 1. The van der Waals surface area contributed by atoms with E-state index in [0.717, 1.165) is 0 Å². The molecular formula is C18H21N3O4S. The Morgan fingerprint density at radius 1 is 1.15 bits per heavy atom. The maximum atomic E-state index is 11.9. The van der Waals surface area contributed by atoms with E-state index < -0.39 is 11.8 Å². The topological polar surface area (TPSA) is 92.6 Å². The lowest BCUT2D eigenvalue weighted by Gasteiger charge is -2.11. The molecular weight excluding hydrogens is 354 g/mol. The lowest BCUT2D eigenvalue weighted by Crippen LogP contribution is -2.49. The van der Waals surface area contributed by atoms with Gasteiger partial charge in [0.15, 0.2) is 17.5 Å². The zero-order valence-electron chi connectivity index (χ0n) is 14.8. The average molecular weight is 375 g/mol. The maximum Gasteiger partial charge on any atom is 0.293 e. The van der Waals surface area contributed by atoms with Crippen molar-refractivity contribution in [3.05, 3.63) is 53.5 Å². The minimum Gasteiger partial charge on any atom is -0.484 e. The number of rotatable bonds is 5. The van der Waals surface area contributed by atoms with E-state index in [-0.39, 0.29) is 17.5 Å². The number of carbonyl (C=O) groups excluding carboxylic acids is 2. The van der Waals surface area contributed by atoms with Crippen molar-refractivity contribution in [2.45, 2.75) is 26.7 Å². The SMILES string of the molecule is Cc1ccoc1C(=O)NC(=S)NNC(=O)COc1ccc(C(C)C)cc1. The second-order valence-corrected chi connectivity index (χ2v) is 6.31. The van der Waals surface area contributed by atoms with E-state index in [1.165, 1.54) is 11.8 Å². The lowest BCUT2D eigenvalue weighted by molar-refractivity contribution is -0.123. The van der Waals surface area contributed by atoms with Gasteiger partial charge in [-0.15, -0.1) is 0 Å². The van der Waals surface area contributed by atoms with Crippen LogP contribution in [-0.2, 0) is 4.79 Å². The van der Waals surface area contributed by atoms with Crippen LogP contribution < -0.4 is 20.9 Å². The van der Waals surface area contributed by atoms with Crippen molar-refractivity contribution in [1.82, 2.24) is 16.2 Å². The van der Waals surface area contributed by atoms with Crippen molar-refractivity contribution < 1.29 is 18.7 Å². The number of nitrogens with one attached hydrogen (secondary N) is 3. The fourth-order valence-electron chi connectivity index (χ4n) is 2.06. The van der Waals surface area contributed by atoms with E-state index >= 15 is 0 Å². The highest BCUT2D eigenvalue weighted by atomic mass is 32.1. The van der Waals surface area contributed by atoms with Gasteiger partial charge in [0.25, 0.3) is 11.8 Å². The third-order valence-electron chi connectivity index (χ3n) is 3.53. The summed E-state index contributed by atoms with van der Waals surface area (Å²) in [5, 5.41) is 2.35. The Morgan fingerprint density at radius 2 is 1.85 bits per heavy atom. The molecule has 8 heteroatoms. The number of aryl methyl sites for hydroxylation is 1. The molecule has 0 saturated carbocycles. The number of furan rings is 1. The number of thiocarbonyl (C=S) groups is 1. The molecule has 0 saturated heterocycles. The Hall–Kier alpha value is -2.87. The molecule has 0 atom stereocenters. The van der Waals surface area contributed by atoms with Crippen molar-refractivity contribution >= 4 is 29.1 Å². The van der Waals surface area contributed by atoms with E-state index in [1.54, 1.807) is 13.0 Å². The molecule has 26 heavy (non-hydrogen) atoms. The summed E-state index contributed by atoms with van der Waals surface area (Å²) in [5.41, 5.74) is 6.66. The molecule has 1 aromatic heterocycles. The highest BCUT2D eigenvalue weighted by Gasteiger charge is 2.14. The Morgan fingerprint density at radius 3 is 2.42 bits per heavy atom. The summed E-state index contributed by atoms with van der Waals surface area (Å²) in [7, 11) is 0. The largest absolute Gasteiger partial charge is 0.484 e. The zero-order valence-corrected chi connectivity index (χ0v) is 15.6. The summed E-state index contributed by atoms with van der Waals surface area (Å²) < 4.78 is 10.4. The molecule has 138 valence electrons. The van der Waals surface area contributed by atoms with Gasteiger partial charge >= 0.3 is 0 Å². The molecule has 2 aromatic rings. The van der Waals surface area contributed by atoms with Crippen LogP contribution in [0.4, 0.5) is 0 Å². The Balaban J connectivity index is 1.72. The molecule has 1 aromatic carbocycles. The Labute approximate surface area is 157 Å². The van der Waals surface area contributed by atoms with Gasteiger partial charge in [0.05, 0.1) is 6.26 Å². The number of benzene rings is 1. The van der Waals surface area contributed by atoms with Gasteiger partial charge in [-0.3, -0.25) is 25.8 Å². The minimum atomic E-state index is -0.499. The first-order valence-corrected chi connectivity index (χ1v) is 8.44. The highest BCUT2D eigenvalue weighted by Crippen LogP contribution is 2.18. The number of amides is 2. The Kier molecular flexibility index (Phi) is 6.74. The van der Waals surface area contributed by atoms with Crippen LogP contribution in [-0.4, -0.2) is 23.5 Å². The van der Waals surface area contributed by atoms with Gasteiger partial charge in [0, 0.05) is 5.56 Å². The predicted molar refractivity (Wildman–Crippen MR) is 101 cm³/mol. The van der Waals surface area contributed by atoms with Crippen LogP contribution in [0.15, 0.2) is 41.0 Å². The second kappa shape index (κ2) is 9.00. The van der Waals surface area contributed by atoms with Crippen LogP contribution >= 0.6 is 12.2 Å². The van der Waals surface area contributed by atoms with Crippen molar-refractivity contribution in [2.24, 2.45) is 0 Å². The second-order valence-electron chi connectivity index (χ2n) is 5.90. The van der Waals surface area contributed by atoms with Gasteiger partial charge in [-0.1, -0.05) is 26.0 Å². The molecule has 0 bridgehead atoms. The summed E-state index contributed by atoms with van der Waals surface area (Å²) in [6.07, 6.45) is 1.41. The van der Waals surface area contributed by atoms with Crippen LogP contribution in [0.2, 0.25) is 0 Å². The molecule has 0 aliphatic rings. The minimum absolute atomic E-state index is 0.0552. The maximum absolute atomic E-state index is 11.9. The molecule has 0 aliphatic heterocycles. The summed E-state index contributed by atoms with van der Waals surface area (Å²) in [4.78, 5) is 23.7. The monoisotopic (exact) mass is 375 g/mol. The number of hydrogen-bond donors (Lipinski definition) is 3. The van der Waals surface area contributed by atoms with Crippen LogP contribution in [0.5, 0.6) is 5.75 Å². The molecule has 7 nitrogen and oxygen atoms in total. The number of ether oxygens (including phenoxy) is 1. The standard InChI is InChI=1S/C18H21N3O4S/c1-11(2)13-4-6-14(7-5-13)25-10-15(22)20-21-18(26)19-17(23)16-12(3)8-9-24-16/h4-9,11H,10H2,1-3H3,(H,20,22)(H2,19,21,23,26). The van der Waals surface area contributed by atoms with E-state index in [9.17, 15) is 9.59 Å². The molecule has 0 unspecified atom stereocenters. The van der Waals surface area contributed by atoms with Crippen molar-refractivity contribution in [1.29, 1.82) is 0 Å². The zero-order chi connectivity index (χ0) is 19.1. The fourth-order valence-corrected chi connectivity index (χ4v) is 2.20. The Bertz CT molecular complexity index is 784. The van der Waals surface area contributed by atoms with Gasteiger partial charge in [0.2, 0.25) is 0 Å². The highest BCUT2D eigenvalue weighted by molar-refractivity contribution is 7.80. The number of hydrogen-bond acceptors (Lipinski definition) is 5. The van der Waals surface area contributed by atoms with Crippen LogP contribution in [0.1, 0.15) is 41.4 Å². The van der Waals surface area contributed by atoms with Crippen molar-refractivity contribution in [2.75, 3.05) is 6.61 Å². The first-order valence-electron chi connectivity index (χ1n) is 8.04. The van der Waals surface area contributed by atoms with Gasteiger partial charge in [0.1, 0.15) is 5.75 Å². The molecule has 2 rings (SSSR count). The van der Waals surface area contributed by atoms with Gasteiger partial charge in [-0.25, -0.2) is 0 Å². The number of carbonyl (C=O) groups is 2. The smallest absolute Gasteiger partial charge is 0.293 e. The predicted octanol–water partition coefficient (Wildman–Crippen LogP) is 2.43. The molecule has 2 amide bonds. The third kappa shape index (κ3) is 5.59. The van der Waals surface area contributed by atoms with E-state index in [4.69, 9.17) is 21.4 Å². The van der Waals surface area contributed by atoms with Crippen LogP contribution in [0.3, 0.4) is 0 Å². The van der Waals surface area contributed by atoms with Crippen LogP contribution in [0, 0.1) is 6.92 Å². The molecule has 0 spiro atoms. The first kappa shape index (κ1) is 19.5. The van der Waals surface area contributed by atoms with E-state index in [1.807, 2.05) is 24.3 Å². The van der Waals surface area contributed by atoms with Crippen molar-refractivity contribution in [3.63, 3.8) is 0 Å². The van der Waals surface area contributed by atoms with Gasteiger partial charge < -0.3 is 9.15 Å². The average Bonchev–Trinajstić information content (AvgIpc) is 3.04.